The fourth-order valence-corrected chi connectivity index (χ4v) is 3.82. The minimum atomic E-state index is -9.63. The van der Waals surface area contributed by atoms with Crippen LogP contribution in [0.15, 0.2) is 16.1 Å². The topological polar surface area (TPSA) is 114 Å². The van der Waals surface area contributed by atoms with Crippen molar-refractivity contribution in [3.63, 3.8) is 0 Å². The van der Waals surface area contributed by atoms with Crippen LogP contribution < -0.4 is 5.32 Å². The fourth-order valence-electron chi connectivity index (χ4n) is 3.82. The number of alkyl halides is 23. The summed E-state index contributed by atoms with van der Waals surface area (Å²) in [7, 11) is 0. The lowest BCUT2D eigenvalue weighted by atomic mass is 9.83. The number of nitrogens with zero attached hydrogens (tertiary/aromatic N) is 2. The number of aryl methyl sites for hydroxylation is 1. The van der Waals surface area contributed by atoms with Gasteiger partial charge in [0.1, 0.15) is 11.4 Å². The van der Waals surface area contributed by atoms with E-state index in [4.69, 9.17) is 0 Å². The molecule has 0 aromatic heterocycles. The molecule has 0 bridgehead atoms. The number of hydrogen-bond acceptors (Lipinski definition) is 7. The van der Waals surface area contributed by atoms with E-state index in [9.17, 15) is 111 Å². The van der Waals surface area contributed by atoms with E-state index >= 15 is 8.78 Å². The minimum absolute atomic E-state index is 0.292. The van der Waals surface area contributed by atoms with Crippen molar-refractivity contribution < 1.29 is 125 Å². The van der Waals surface area contributed by atoms with Crippen molar-refractivity contribution in [2.24, 2.45) is 9.98 Å². The van der Waals surface area contributed by atoms with Crippen LogP contribution in [0.1, 0.15) is 28.4 Å². The van der Waals surface area contributed by atoms with E-state index in [0.717, 1.165) is 0 Å². The molecule has 312 valence electrons. The number of carbonyl (C=O) groups is 2. The molecule has 1 aromatic carbocycles. The Morgan fingerprint density at radius 3 is 1.24 bits per heavy atom. The highest BCUT2D eigenvalue weighted by Crippen LogP contribution is 2.68. The molecule has 1 aromatic rings. The average molecular weight is 857 g/mol. The zero-order chi connectivity index (χ0) is 44.2. The van der Waals surface area contributed by atoms with E-state index in [2.05, 4.69) is 14.7 Å². The number of aliphatic imine (C=N–C) groups is 2. The van der Waals surface area contributed by atoms with Gasteiger partial charge in [-0.3, -0.25) is 9.59 Å². The van der Waals surface area contributed by atoms with Gasteiger partial charge in [-0.1, -0.05) is 0 Å². The SMILES string of the molecule is CC(=O)OCNC(=O)c1c(C(F)(F)C(F)(F)C(F)(F)C(F)(F)C(F)(F)C(F)(F)C(F)(F)C(F)(F)C(F)(F)C(F)(F)C(F)(F)F)cc(C)c(N=C=O)c1N=C=O. The van der Waals surface area contributed by atoms with Crippen molar-refractivity contribution >= 4 is 35.4 Å². The van der Waals surface area contributed by atoms with E-state index in [1.54, 1.807) is 0 Å². The Morgan fingerprint density at radius 1 is 0.582 bits per heavy atom. The van der Waals surface area contributed by atoms with Gasteiger partial charge in [-0.2, -0.15) is 111 Å². The molecule has 0 aliphatic carbocycles. The van der Waals surface area contributed by atoms with Crippen LogP contribution >= 0.6 is 0 Å². The van der Waals surface area contributed by atoms with Gasteiger partial charge in [0.15, 0.2) is 6.73 Å². The van der Waals surface area contributed by atoms with Crippen molar-refractivity contribution in [3.8, 4) is 0 Å². The second-order valence-electron chi connectivity index (χ2n) is 10.2. The number of hydrogen-bond donors (Lipinski definition) is 1. The molecular weight excluding hydrogens is 847 g/mol. The summed E-state index contributed by atoms with van der Waals surface area (Å²) in [6.45, 7) is -0.721. The van der Waals surface area contributed by atoms with Gasteiger partial charge in [0.25, 0.3) is 5.91 Å². The number of isocyanates is 2. The molecule has 0 radical (unpaired) electrons. The molecule has 31 heteroatoms. The summed E-state index contributed by atoms with van der Waals surface area (Å²) in [6.07, 6.45) is -7.25. The maximum Gasteiger partial charge on any atom is 0.460 e. The van der Waals surface area contributed by atoms with E-state index in [0.29, 0.717) is 26.0 Å². The van der Waals surface area contributed by atoms with E-state index in [1.165, 1.54) is 5.32 Å². The van der Waals surface area contributed by atoms with E-state index in [-0.39, 0.29) is 0 Å². The van der Waals surface area contributed by atoms with Gasteiger partial charge < -0.3 is 10.1 Å². The van der Waals surface area contributed by atoms with Crippen LogP contribution in [0, 0.1) is 6.92 Å². The zero-order valence-electron chi connectivity index (χ0n) is 25.4. The summed E-state index contributed by atoms with van der Waals surface area (Å²) in [6, 6.07) is -0.757. The van der Waals surface area contributed by atoms with Crippen LogP contribution in [-0.4, -0.2) is 90.2 Å². The Balaban J connectivity index is 4.26. The minimum Gasteiger partial charge on any atom is -0.445 e. The van der Waals surface area contributed by atoms with Gasteiger partial charge >= 0.3 is 71.4 Å². The summed E-state index contributed by atoms with van der Waals surface area (Å²) in [5, 5.41) is 1.17. The molecule has 0 heterocycles. The number of amides is 1. The van der Waals surface area contributed by atoms with Crippen molar-refractivity contribution in [3.05, 3.63) is 22.8 Å². The molecule has 0 atom stereocenters. The molecule has 1 N–H and O–H groups in total. The summed E-state index contributed by atoms with van der Waals surface area (Å²) in [5.74, 6) is -94.8. The first-order valence-corrected chi connectivity index (χ1v) is 12.7. The van der Waals surface area contributed by atoms with Crippen LogP contribution in [0.2, 0.25) is 0 Å². The lowest BCUT2D eigenvalue weighted by Crippen LogP contribution is -2.77. The van der Waals surface area contributed by atoms with Crippen LogP contribution in [-0.2, 0) is 25.0 Å². The van der Waals surface area contributed by atoms with Crippen LogP contribution in [0.3, 0.4) is 0 Å². The molecule has 0 aliphatic heterocycles. The number of carbonyl (C=O) groups excluding carboxylic acids is 4. The Hall–Kier alpha value is -4.69. The van der Waals surface area contributed by atoms with Gasteiger partial charge in [0, 0.05) is 12.5 Å². The van der Waals surface area contributed by atoms with Crippen molar-refractivity contribution in [1.82, 2.24) is 5.32 Å². The Kier molecular flexibility index (Phi) is 12.4. The molecule has 0 unspecified atom stereocenters. The molecule has 0 fully saturated rings. The smallest absolute Gasteiger partial charge is 0.445 e. The summed E-state index contributed by atoms with van der Waals surface area (Å²) < 4.78 is 325. The molecule has 0 saturated heterocycles. The molecule has 1 amide bonds. The highest BCUT2D eigenvalue weighted by atomic mass is 19.4. The molecule has 1 rings (SSSR count). The predicted molar refractivity (Wildman–Crippen MR) is 125 cm³/mol. The monoisotopic (exact) mass is 857 g/mol. The van der Waals surface area contributed by atoms with Gasteiger partial charge in [-0.05, 0) is 18.6 Å². The van der Waals surface area contributed by atoms with Crippen LogP contribution in [0.25, 0.3) is 0 Å². The van der Waals surface area contributed by atoms with E-state index < -0.39 is 118 Å². The number of rotatable bonds is 15. The summed E-state index contributed by atoms with van der Waals surface area (Å²) in [4.78, 5) is 50.3. The number of esters is 1. The van der Waals surface area contributed by atoms with Crippen LogP contribution in [0.4, 0.5) is 112 Å². The van der Waals surface area contributed by atoms with Crippen molar-refractivity contribution in [1.29, 1.82) is 0 Å². The molecular formula is C24H10F23N3O5. The largest absolute Gasteiger partial charge is 0.460 e. The lowest BCUT2D eigenvalue weighted by molar-refractivity contribution is -0.479. The molecule has 0 saturated carbocycles. The first kappa shape index (κ1) is 48.3. The highest BCUT2D eigenvalue weighted by molar-refractivity contribution is 6.04. The van der Waals surface area contributed by atoms with Gasteiger partial charge in [0.05, 0.1) is 5.56 Å². The third-order valence-electron chi connectivity index (χ3n) is 6.76. The number of ether oxygens (including phenoxy) is 1. The Labute approximate surface area is 285 Å². The van der Waals surface area contributed by atoms with Gasteiger partial charge in [-0.25, -0.2) is 9.59 Å². The van der Waals surface area contributed by atoms with Crippen molar-refractivity contribution in [2.75, 3.05) is 6.73 Å². The number of halogens is 23. The quantitative estimate of drug-likeness (QED) is 0.0625. The maximum absolute atomic E-state index is 15.4. The highest BCUT2D eigenvalue weighted by Gasteiger charge is 2.98. The standard InChI is InChI=1S/C24H10F23N3O5/c1-7-3-9(10(13(54)50-6-55-8(2)53)12(49-5-52)11(7)48-4-51)14(25,26)15(27,28)16(29,30)17(31,32)18(33,34)19(35,36)20(37,38)21(39,40)22(41,42)23(43,44)24(45,46)47/h3H,6H2,1-2H3,(H,50,54). The number of nitrogens with one attached hydrogen (secondary N) is 1. The lowest BCUT2D eigenvalue weighted by Gasteiger charge is -2.45. The normalized spacial score (nSPS) is 14.5. The molecule has 0 aliphatic rings. The zero-order valence-corrected chi connectivity index (χ0v) is 25.4. The van der Waals surface area contributed by atoms with Gasteiger partial charge in [0.2, 0.25) is 12.2 Å². The van der Waals surface area contributed by atoms with Crippen LogP contribution in [0.5, 0.6) is 0 Å². The van der Waals surface area contributed by atoms with Gasteiger partial charge in [-0.15, -0.1) is 0 Å². The second kappa shape index (κ2) is 14.1. The second-order valence-corrected chi connectivity index (χ2v) is 10.2. The summed E-state index contributed by atoms with van der Waals surface area (Å²) >= 11 is 0. The van der Waals surface area contributed by atoms with E-state index in [1.807, 2.05) is 0 Å². The average Bonchev–Trinajstić information content (AvgIpc) is 3.00. The summed E-state index contributed by atoms with van der Waals surface area (Å²) in [5.41, 5.74) is -10.6. The third-order valence-corrected chi connectivity index (χ3v) is 6.76. The first-order valence-electron chi connectivity index (χ1n) is 12.7. The molecule has 0 spiro atoms. The van der Waals surface area contributed by atoms with Crippen molar-refractivity contribution in [2.45, 2.75) is 79.2 Å². The predicted octanol–water partition coefficient (Wildman–Crippen LogP) is 8.55. The Bertz CT molecular complexity index is 1780. The maximum atomic E-state index is 15.4. The Morgan fingerprint density at radius 2 is 0.909 bits per heavy atom. The first-order chi connectivity index (χ1) is 24.1. The molecule has 55 heavy (non-hydrogen) atoms. The fraction of sp³-hybridized carbons (Fsp3) is 0.583. The number of benzene rings is 1. The molecule has 8 nitrogen and oxygen atoms in total. The third kappa shape index (κ3) is 6.81.